The maximum atomic E-state index is 14.2. The minimum atomic E-state index is -1.25. The molecule has 1 aliphatic heterocycles. The fraction of sp³-hybridized carbons (Fsp3) is 0.438. The van der Waals surface area contributed by atoms with E-state index in [1.807, 2.05) is 20.8 Å². The molecule has 2 aromatic rings. The maximum absolute atomic E-state index is 14.2. The van der Waals surface area contributed by atoms with Crippen molar-refractivity contribution in [1.29, 1.82) is 0 Å². The molecule has 5 nitrogen and oxygen atoms in total. The highest BCUT2D eigenvalue weighted by Gasteiger charge is 2.32. The summed E-state index contributed by atoms with van der Waals surface area (Å²) in [5, 5.41) is 4.12. The van der Waals surface area contributed by atoms with Crippen molar-refractivity contribution in [2.24, 2.45) is 0 Å². The van der Waals surface area contributed by atoms with Crippen LogP contribution in [0, 0.1) is 17.5 Å². The zero-order valence-electron chi connectivity index (χ0n) is 13.6. The molecule has 0 N–H and O–H groups in total. The zero-order chi connectivity index (χ0) is 17.6. The summed E-state index contributed by atoms with van der Waals surface area (Å²) in [5.74, 6) is -4.08. The quantitative estimate of drug-likeness (QED) is 0.751. The summed E-state index contributed by atoms with van der Waals surface area (Å²) in [5.41, 5.74) is -0.717. The Kier molecular flexibility index (Phi) is 3.85. The molecule has 0 atom stereocenters. The fourth-order valence-corrected chi connectivity index (χ4v) is 2.69. The SMILES string of the molecule is CC(C)(C)n1cnc(C(=O)N2CCCc3c(F)c(F)cc(F)c32)n1. The van der Waals surface area contributed by atoms with Crippen molar-refractivity contribution in [1.82, 2.24) is 14.8 Å². The third-order valence-corrected chi connectivity index (χ3v) is 3.93. The van der Waals surface area contributed by atoms with E-state index in [1.165, 1.54) is 11.0 Å². The second-order valence-corrected chi connectivity index (χ2v) is 6.73. The van der Waals surface area contributed by atoms with Gasteiger partial charge >= 0.3 is 0 Å². The number of rotatable bonds is 1. The van der Waals surface area contributed by atoms with Crippen molar-refractivity contribution in [3.63, 3.8) is 0 Å². The van der Waals surface area contributed by atoms with E-state index in [9.17, 15) is 18.0 Å². The van der Waals surface area contributed by atoms with Crippen LogP contribution in [0.2, 0.25) is 0 Å². The van der Waals surface area contributed by atoms with Crippen molar-refractivity contribution in [2.45, 2.75) is 39.2 Å². The number of fused-ring (bicyclic) bond motifs is 1. The number of nitrogens with zero attached hydrogens (tertiary/aromatic N) is 4. The van der Waals surface area contributed by atoms with Crippen LogP contribution in [-0.4, -0.2) is 27.2 Å². The molecule has 0 aliphatic carbocycles. The lowest BCUT2D eigenvalue weighted by Crippen LogP contribution is -2.37. The van der Waals surface area contributed by atoms with Gasteiger partial charge in [0.25, 0.3) is 5.91 Å². The van der Waals surface area contributed by atoms with Crippen LogP contribution in [-0.2, 0) is 12.0 Å². The number of carbonyl (C=O) groups excluding carboxylic acids is 1. The van der Waals surface area contributed by atoms with Gasteiger partial charge in [0.2, 0.25) is 5.82 Å². The molecule has 0 fully saturated rings. The number of hydrogen-bond donors (Lipinski definition) is 0. The number of anilines is 1. The van der Waals surface area contributed by atoms with Crippen LogP contribution in [0.1, 0.15) is 43.4 Å². The van der Waals surface area contributed by atoms with E-state index in [0.717, 1.165) is 4.90 Å². The Hall–Kier alpha value is -2.38. The molecule has 0 unspecified atom stereocenters. The van der Waals surface area contributed by atoms with Crippen LogP contribution in [0.15, 0.2) is 12.4 Å². The van der Waals surface area contributed by atoms with Crippen LogP contribution in [0.4, 0.5) is 18.9 Å². The summed E-state index contributed by atoms with van der Waals surface area (Å²) in [7, 11) is 0. The smallest absolute Gasteiger partial charge is 0.298 e. The van der Waals surface area contributed by atoms with Crippen molar-refractivity contribution in [3.05, 3.63) is 41.2 Å². The summed E-state index contributed by atoms with van der Waals surface area (Å²) in [6, 6.07) is 0.459. The molecular formula is C16H17F3N4O. The number of benzene rings is 1. The average molecular weight is 338 g/mol. The minimum Gasteiger partial charge on any atom is -0.302 e. The van der Waals surface area contributed by atoms with Gasteiger partial charge in [0.05, 0.1) is 11.2 Å². The van der Waals surface area contributed by atoms with E-state index in [-0.39, 0.29) is 35.6 Å². The highest BCUT2D eigenvalue weighted by atomic mass is 19.2. The van der Waals surface area contributed by atoms with Gasteiger partial charge in [-0.1, -0.05) is 0 Å². The Labute approximate surface area is 137 Å². The monoisotopic (exact) mass is 338 g/mol. The third kappa shape index (κ3) is 2.65. The van der Waals surface area contributed by atoms with Gasteiger partial charge in [0.1, 0.15) is 12.1 Å². The van der Waals surface area contributed by atoms with Gasteiger partial charge in [0, 0.05) is 18.2 Å². The van der Waals surface area contributed by atoms with Gasteiger partial charge in [0.15, 0.2) is 11.6 Å². The van der Waals surface area contributed by atoms with E-state index >= 15 is 0 Å². The normalized spacial score (nSPS) is 14.7. The Morgan fingerprint density at radius 1 is 1.21 bits per heavy atom. The van der Waals surface area contributed by atoms with Crippen LogP contribution in [0.25, 0.3) is 0 Å². The van der Waals surface area contributed by atoms with E-state index < -0.39 is 23.4 Å². The number of amides is 1. The largest absolute Gasteiger partial charge is 0.302 e. The summed E-state index contributed by atoms with van der Waals surface area (Å²) in [6.45, 7) is 5.87. The van der Waals surface area contributed by atoms with Gasteiger partial charge in [-0.25, -0.2) is 22.8 Å². The second-order valence-electron chi connectivity index (χ2n) is 6.73. The Balaban J connectivity index is 2.02. The van der Waals surface area contributed by atoms with Crippen LogP contribution >= 0.6 is 0 Å². The predicted molar refractivity (Wildman–Crippen MR) is 81.3 cm³/mol. The summed E-state index contributed by atoms with van der Waals surface area (Å²) in [6.07, 6.45) is 1.99. The molecule has 24 heavy (non-hydrogen) atoms. The number of hydrogen-bond acceptors (Lipinski definition) is 3. The third-order valence-electron chi connectivity index (χ3n) is 3.93. The van der Waals surface area contributed by atoms with Gasteiger partial charge in [-0.05, 0) is 33.6 Å². The van der Waals surface area contributed by atoms with Crippen molar-refractivity contribution < 1.29 is 18.0 Å². The second kappa shape index (κ2) is 5.61. The van der Waals surface area contributed by atoms with E-state index in [0.29, 0.717) is 12.5 Å². The Morgan fingerprint density at radius 3 is 2.54 bits per heavy atom. The predicted octanol–water partition coefficient (Wildman–Crippen LogP) is 3.04. The molecule has 0 saturated carbocycles. The van der Waals surface area contributed by atoms with Crippen LogP contribution in [0.3, 0.4) is 0 Å². The van der Waals surface area contributed by atoms with Crippen LogP contribution < -0.4 is 4.90 Å². The number of aromatic nitrogens is 3. The molecule has 0 bridgehead atoms. The standard InChI is InChI=1S/C16H17F3N4O/c1-16(2,3)23-8-20-14(21-23)15(24)22-6-4-5-9-12(19)10(17)7-11(18)13(9)22/h7-8H,4-6H2,1-3H3. The molecule has 1 aliphatic rings. The van der Waals surface area contributed by atoms with Crippen molar-refractivity contribution in [3.8, 4) is 0 Å². The lowest BCUT2D eigenvalue weighted by Gasteiger charge is -2.29. The number of carbonyl (C=O) groups is 1. The highest BCUT2D eigenvalue weighted by Crippen LogP contribution is 2.34. The lowest BCUT2D eigenvalue weighted by molar-refractivity contribution is 0.0973. The first kappa shape index (κ1) is 16.5. The van der Waals surface area contributed by atoms with Gasteiger partial charge in [-0.2, -0.15) is 0 Å². The van der Waals surface area contributed by atoms with E-state index in [1.54, 1.807) is 0 Å². The van der Waals surface area contributed by atoms with Crippen molar-refractivity contribution in [2.75, 3.05) is 11.4 Å². The fourth-order valence-electron chi connectivity index (χ4n) is 2.69. The van der Waals surface area contributed by atoms with E-state index in [2.05, 4.69) is 10.1 Å². The maximum Gasteiger partial charge on any atom is 0.298 e. The molecule has 0 saturated heterocycles. The van der Waals surface area contributed by atoms with Gasteiger partial charge in [-0.3, -0.25) is 4.79 Å². The summed E-state index contributed by atoms with van der Waals surface area (Å²) in [4.78, 5) is 17.7. The molecule has 128 valence electrons. The number of halogens is 3. The molecule has 2 heterocycles. The lowest BCUT2D eigenvalue weighted by atomic mass is 10.00. The van der Waals surface area contributed by atoms with Crippen LogP contribution in [0.5, 0.6) is 0 Å². The molecule has 3 rings (SSSR count). The Morgan fingerprint density at radius 2 is 1.92 bits per heavy atom. The molecular weight excluding hydrogens is 321 g/mol. The Bertz CT molecular complexity index is 810. The molecule has 8 heteroatoms. The first-order valence-corrected chi connectivity index (χ1v) is 7.60. The van der Waals surface area contributed by atoms with Gasteiger partial charge in [-0.15, -0.1) is 5.10 Å². The molecule has 1 aromatic heterocycles. The zero-order valence-corrected chi connectivity index (χ0v) is 13.6. The summed E-state index contributed by atoms with van der Waals surface area (Å²) < 4.78 is 43.1. The first-order chi connectivity index (χ1) is 11.2. The molecule has 0 spiro atoms. The first-order valence-electron chi connectivity index (χ1n) is 7.60. The molecule has 1 amide bonds. The van der Waals surface area contributed by atoms with Crippen molar-refractivity contribution >= 4 is 11.6 Å². The topological polar surface area (TPSA) is 51.0 Å². The van der Waals surface area contributed by atoms with Gasteiger partial charge < -0.3 is 4.90 Å². The van der Waals surface area contributed by atoms with E-state index in [4.69, 9.17) is 0 Å². The highest BCUT2D eigenvalue weighted by molar-refractivity contribution is 6.04. The average Bonchev–Trinajstić information content (AvgIpc) is 3.01. The molecule has 0 radical (unpaired) electrons. The molecule has 1 aromatic carbocycles. The summed E-state index contributed by atoms with van der Waals surface area (Å²) >= 11 is 0. The minimum absolute atomic E-state index is 0.109.